The number of thiazole rings is 1. The number of rotatable bonds is 3. The number of hydrogen-bond acceptors (Lipinski definition) is 4. The van der Waals surface area contributed by atoms with E-state index in [1.54, 1.807) is 11.3 Å². The highest BCUT2D eigenvalue weighted by Gasteiger charge is 2.31. The maximum absolute atomic E-state index is 5.83. The van der Waals surface area contributed by atoms with Gasteiger partial charge in [0.25, 0.3) is 0 Å². The molecule has 0 atom stereocenters. The fraction of sp³-hybridized carbons (Fsp3) is 0.692. The Hall–Kier alpha value is -0.680. The van der Waals surface area contributed by atoms with Crippen LogP contribution in [-0.2, 0) is 0 Å². The lowest BCUT2D eigenvalue weighted by Crippen LogP contribution is -2.32. The normalized spacial score (nSPS) is 21.3. The molecular formula is C13H19N3S2. The minimum absolute atomic E-state index is 0.519. The predicted molar refractivity (Wildman–Crippen MR) is 80.6 cm³/mol. The Morgan fingerprint density at radius 3 is 2.56 bits per heavy atom. The number of piperidine rings is 1. The van der Waals surface area contributed by atoms with E-state index in [4.69, 9.17) is 22.9 Å². The van der Waals surface area contributed by atoms with Crippen LogP contribution in [0.2, 0.25) is 0 Å². The average Bonchev–Trinajstić information content (AvgIpc) is 3.09. The molecule has 2 fully saturated rings. The summed E-state index contributed by atoms with van der Waals surface area (Å²) in [5, 5.41) is 1.13. The van der Waals surface area contributed by atoms with Crippen molar-refractivity contribution in [2.24, 2.45) is 11.7 Å². The van der Waals surface area contributed by atoms with Gasteiger partial charge >= 0.3 is 0 Å². The largest absolute Gasteiger partial charge is 0.389 e. The van der Waals surface area contributed by atoms with Crippen LogP contribution in [0.1, 0.15) is 49.1 Å². The van der Waals surface area contributed by atoms with Gasteiger partial charge in [0.05, 0.1) is 10.6 Å². The summed E-state index contributed by atoms with van der Waals surface area (Å²) in [6, 6.07) is 0. The fourth-order valence-corrected chi connectivity index (χ4v) is 3.75. The van der Waals surface area contributed by atoms with E-state index in [0.29, 0.717) is 10.9 Å². The first-order chi connectivity index (χ1) is 8.65. The second-order valence-corrected chi connectivity index (χ2v) is 6.94. The molecule has 5 heteroatoms. The van der Waals surface area contributed by atoms with Crippen LogP contribution >= 0.6 is 23.6 Å². The number of nitrogens with two attached hydrogens (primary N) is 1. The quantitative estimate of drug-likeness (QED) is 0.865. The second kappa shape index (κ2) is 4.78. The van der Waals surface area contributed by atoms with Crippen LogP contribution in [0.25, 0.3) is 0 Å². The Bertz CT molecular complexity index is 457. The van der Waals surface area contributed by atoms with Crippen LogP contribution in [0.5, 0.6) is 0 Å². The molecule has 1 saturated heterocycles. The lowest BCUT2D eigenvalue weighted by Gasteiger charge is -2.29. The highest BCUT2D eigenvalue weighted by Crippen LogP contribution is 2.44. The average molecular weight is 281 g/mol. The molecule has 18 heavy (non-hydrogen) atoms. The minimum atomic E-state index is 0.519. The van der Waals surface area contributed by atoms with E-state index in [-0.39, 0.29) is 0 Å². The second-order valence-electron chi connectivity index (χ2n) is 5.52. The Balaban J connectivity index is 1.84. The Kier molecular flexibility index (Phi) is 3.28. The molecule has 0 unspecified atom stereocenters. The summed E-state index contributed by atoms with van der Waals surface area (Å²) in [5.74, 6) is 1.47. The molecule has 0 spiro atoms. The summed E-state index contributed by atoms with van der Waals surface area (Å²) in [5.41, 5.74) is 7.00. The molecule has 1 aliphatic heterocycles. The van der Waals surface area contributed by atoms with Crippen molar-refractivity contribution >= 4 is 33.7 Å². The van der Waals surface area contributed by atoms with Crippen molar-refractivity contribution in [3.05, 3.63) is 10.6 Å². The zero-order valence-electron chi connectivity index (χ0n) is 10.7. The molecule has 2 aliphatic rings. The Morgan fingerprint density at radius 1 is 1.33 bits per heavy atom. The van der Waals surface area contributed by atoms with Crippen LogP contribution in [0.3, 0.4) is 0 Å². The van der Waals surface area contributed by atoms with E-state index < -0.39 is 0 Å². The van der Waals surface area contributed by atoms with E-state index >= 15 is 0 Å². The lowest BCUT2D eigenvalue weighted by molar-refractivity contribution is 0.438. The minimum Gasteiger partial charge on any atom is -0.389 e. The molecular weight excluding hydrogens is 262 g/mol. The summed E-state index contributed by atoms with van der Waals surface area (Å²) >= 11 is 6.85. The first-order valence-corrected chi connectivity index (χ1v) is 7.93. The van der Waals surface area contributed by atoms with Crippen molar-refractivity contribution in [2.75, 3.05) is 18.0 Å². The van der Waals surface area contributed by atoms with Crippen LogP contribution in [-0.4, -0.2) is 23.1 Å². The van der Waals surface area contributed by atoms with E-state index in [1.807, 2.05) is 0 Å². The van der Waals surface area contributed by atoms with Crippen molar-refractivity contribution in [3.8, 4) is 0 Å². The standard InChI is InChI=1S/C13H19N3S2/c1-8-4-6-16(7-5-8)13-15-10(9-2-3-9)11(18-13)12(14)17/h8-9H,2-7H2,1H3,(H2,14,17). The first kappa shape index (κ1) is 12.4. The van der Waals surface area contributed by atoms with Gasteiger partial charge in [0.1, 0.15) is 4.99 Å². The maximum atomic E-state index is 5.83. The summed E-state index contributed by atoms with van der Waals surface area (Å²) in [6.07, 6.45) is 5.02. The Labute approximate surface area is 117 Å². The van der Waals surface area contributed by atoms with Gasteiger partial charge in [-0.1, -0.05) is 30.5 Å². The molecule has 2 heterocycles. The van der Waals surface area contributed by atoms with Crippen molar-refractivity contribution in [2.45, 2.75) is 38.5 Å². The van der Waals surface area contributed by atoms with Crippen molar-refractivity contribution in [1.29, 1.82) is 0 Å². The van der Waals surface area contributed by atoms with Gasteiger partial charge < -0.3 is 10.6 Å². The lowest BCUT2D eigenvalue weighted by atomic mass is 10.00. The van der Waals surface area contributed by atoms with Crippen LogP contribution in [0.15, 0.2) is 0 Å². The van der Waals surface area contributed by atoms with E-state index in [9.17, 15) is 0 Å². The number of anilines is 1. The van der Waals surface area contributed by atoms with E-state index in [0.717, 1.165) is 29.0 Å². The zero-order chi connectivity index (χ0) is 12.7. The van der Waals surface area contributed by atoms with Gasteiger partial charge in [0.2, 0.25) is 0 Å². The molecule has 0 aromatic carbocycles. The van der Waals surface area contributed by atoms with Gasteiger partial charge in [-0.3, -0.25) is 0 Å². The third kappa shape index (κ3) is 2.38. The molecule has 1 aromatic heterocycles. The van der Waals surface area contributed by atoms with Crippen molar-refractivity contribution < 1.29 is 0 Å². The summed E-state index contributed by atoms with van der Waals surface area (Å²) in [7, 11) is 0. The molecule has 0 radical (unpaired) electrons. The molecule has 3 nitrogen and oxygen atoms in total. The predicted octanol–water partition coefficient (Wildman–Crippen LogP) is 2.89. The summed E-state index contributed by atoms with van der Waals surface area (Å²) in [4.78, 5) is 8.80. The highest BCUT2D eigenvalue weighted by molar-refractivity contribution is 7.81. The smallest absolute Gasteiger partial charge is 0.186 e. The van der Waals surface area contributed by atoms with Crippen LogP contribution in [0.4, 0.5) is 5.13 Å². The molecule has 3 rings (SSSR count). The summed E-state index contributed by atoms with van der Waals surface area (Å²) < 4.78 is 0. The number of hydrogen-bond donors (Lipinski definition) is 1. The third-order valence-corrected chi connectivity index (χ3v) is 5.38. The van der Waals surface area contributed by atoms with Crippen LogP contribution in [0, 0.1) is 5.92 Å². The molecule has 0 bridgehead atoms. The van der Waals surface area contributed by atoms with Crippen LogP contribution < -0.4 is 10.6 Å². The van der Waals surface area contributed by atoms with Gasteiger partial charge in [-0.25, -0.2) is 4.98 Å². The zero-order valence-corrected chi connectivity index (χ0v) is 12.3. The number of nitrogens with zero attached hydrogens (tertiary/aromatic N) is 2. The Morgan fingerprint density at radius 2 is 2.00 bits per heavy atom. The molecule has 2 N–H and O–H groups in total. The van der Waals surface area contributed by atoms with Gasteiger partial charge in [-0.2, -0.15) is 0 Å². The van der Waals surface area contributed by atoms with Gasteiger partial charge in [0.15, 0.2) is 5.13 Å². The SMILES string of the molecule is CC1CCN(c2nc(C3CC3)c(C(N)=S)s2)CC1. The molecule has 98 valence electrons. The molecule has 1 saturated carbocycles. The molecule has 1 aliphatic carbocycles. The molecule has 1 aromatic rings. The monoisotopic (exact) mass is 281 g/mol. The number of aromatic nitrogens is 1. The third-order valence-electron chi connectivity index (χ3n) is 3.88. The van der Waals surface area contributed by atoms with E-state index in [1.165, 1.54) is 31.4 Å². The van der Waals surface area contributed by atoms with Gasteiger partial charge in [-0.05, 0) is 31.6 Å². The van der Waals surface area contributed by atoms with Gasteiger partial charge in [-0.15, -0.1) is 0 Å². The highest BCUT2D eigenvalue weighted by atomic mass is 32.1. The fourth-order valence-electron chi connectivity index (χ4n) is 2.47. The van der Waals surface area contributed by atoms with Crippen molar-refractivity contribution in [1.82, 2.24) is 4.98 Å². The molecule has 0 amide bonds. The van der Waals surface area contributed by atoms with E-state index in [2.05, 4.69) is 11.8 Å². The van der Waals surface area contributed by atoms with Crippen molar-refractivity contribution in [3.63, 3.8) is 0 Å². The number of thiocarbonyl (C=S) groups is 1. The maximum Gasteiger partial charge on any atom is 0.186 e. The summed E-state index contributed by atoms with van der Waals surface area (Å²) in [6.45, 7) is 4.57. The topological polar surface area (TPSA) is 42.2 Å². The van der Waals surface area contributed by atoms with Gasteiger partial charge in [0, 0.05) is 19.0 Å². The first-order valence-electron chi connectivity index (χ1n) is 6.70.